The topological polar surface area (TPSA) is 45.4 Å². The van der Waals surface area contributed by atoms with Gasteiger partial charge in [-0.15, -0.1) is 0 Å². The second-order valence-corrected chi connectivity index (χ2v) is 4.92. The molecule has 0 aliphatic carbocycles. The van der Waals surface area contributed by atoms with E-state index in [1.165, 1.54) is 0 Å². The van der Waals surface area contributed by atoms with Gasteiger partial charge in [-0.1, -0.05) is 30.3 Å². The first-order valence-corrected chi connectivity index (χ1v) is 6.61. The molecule has 19 heavy (non-hydrogen) atoms. The second kappa shape index (κ2) is 6.04. The van der Waals surface area contributed by atoms with Gasteiger partial charge in [0.15, 0.2) is 0 Å². The van der Waals surface area contributed by atoms with Crippen LogP contribution in [0.4, 0.5) is 0 Å². The molecule has 0 aliphatic rings. The Morgan fingerprint density at radius 2 is 1.89 bits per heavy atom. The van der Waals surface area contributed by atoms with Crippen molar-refractivity contribution in [1.29, 1.82) is 0 Å². The van der Waals surface area contributed by atoms with Crippen molar-refractivity contribution in [3.8, 4) is 0 Å². The summed E-state index contributed by atoms with van der Waals surface area (Å²) in [7, 11) is 0. The predicted molar refractivity (Wildman–Crippen MR) is 76.0 cm³/mol. The van der Waals surface area contributed by atoms with Gasteiger partial charge in [-0.2, -0.15) is 0 Å². The second-order valence-electron chi connectivity index (χ2n) is 4.92. The van der Waals surface area contributed by atoms with Gasteiger partial charge in [-0.05, 0) is 32.4 Å². The van der Waals surface area contributed by atoms with Gasteiger partial charge < -0.3 is 14.8 Å². The molecule has 0 spiro atoms. The number of aryl methyl sites for hydroxylation is 2. The minimum absolute atomic E-state index is 0.163. The number of rotatable bonds is 5. The Hall–Kier alpha value is -1.58. The summed E-state index contributed by atoms with van der Waals surface area (Å²) in [6, 6.07) is 11.9. The summed E-state index contributed by atoms with van der Waals surface area (Å²) in [5, 5.41) is 13.4. The molecule has 1 heterocycles. The molecule has 2 aromatic rings. The van der Waals surface area contributed by atoms with Crippen LogP contribution in [-0.2, 0) is 0 Å². The summed E-state index contributed by atoms with van der Waals surface area (Å²) in [4.78, 5) is 0. The van der Waals surface area contributed by atoms with Crippen molar-refractivity contribution in [2.24, 2.45) is 0 Å². The van der Waals surface area contributed by atoms with E-state index < -0.39 is 6.10 Å². The number of aliphatic hydroxyl groups excluding tert-OH is 1. The third-order valence-electron chi connectivity index (χ3n) is 3.35. The maximum atomic E-state index is 10.1. The van der Waals surface area contributed by atoms with E-state index in [-0.39, 0.29) is 6.04 Å². The molecule has 0 aliphatic heterocycles. The molecule has 2 rings (SSSR count). The summed E-state index contributed by atoms with van der Waals surface area (Å²) in [5.74, 6) is 1.86. The fraction of sp³-hybridized carbons (Fsp3) is 0.375. The van der Waals surface area contributed by atoms with Crippen LogP contribution in [0.25, 0.3) is 0 Å². The largest absolute Gasteiger partial charge is 0.466 e. The summed E-state index contributed by atoms with van der Waals surface area (Å²) < 4.78 is 5.52. The third kappa shape index (κ3) is 3.46. The minimum Gasteiger partial charge on any atom is -0.466 e. The lowest BCUT2D eigenvalue weighted by Crippen LogP contribution is -2.24. The van der Waals surface area contributed by atoms with Crippen LogP contribution in [0.1, 0.15) is 41.7 Å². The van der Waals surface area contributed by atoms with Crippen LogP contribution in [-0.4, -0.2) is 11.7 Å². The minimum atomic E-state index is -0.489. The van der Waals surface area contributed by atoms with Crippen molar-refractivity contribution < 1.29 is 9.52 Å². The van der Waals surface area contributed by atoms with Gasteiger partial charge in [0, 0.05) is 18.2 Å². The molecule has 102 valence electrons. The van der Waals surface area contributed by atoms with Gasteiger partial charge in [-0.3, -0.25) is 0 Å². The van der Waals surface area contributed by atoms with Gasteiger partial charge in [0.05, 0.1) is 6.10 Å². The lowest BCUT2D eigenvalue weighted by Gasteiger charge is -2.17. The van der Waals surface area contributed by atoms with Crippen molar-refractivity contribution in [3.63, 3.8) is 0 Å². The molecule has 0 saturated carbocycles. The van der Waals surface area contributed by atoms with Crippen molar-refractivity contribution in [3.05, 3.63) is 59.0 Å². The van der Waals surface area contributed by atoms with Gasteiger partial charge in [0.2, 0.25) is 0 Å². The number of hydrogen-bond acceptors (Lipinski definition) is 3. The first-order valence-electron chi connectivity index (χ1n) is 6.61. The molecular formula is C16H21NO2. The van der Waals surface area contributed by atoms with Crippen LogP contribution in [0.15, 0.2) is 40.8 Å². The highest BCUT2D eigenvalue weighted by Crippen LogP contribution is 2.21. The molecule has 0 radical (unpaired) electrons. The number of hydrogen-bond donors (Lipinski definition) is 2. The molecule has 1 aromatic carbocycles. The van der Waals surface area contributed by atoms with E-state index in [0.29, 0.717) is 6.54 Å². The summed E-state index contributed by atoms with van der Waals surface area (Å²) in [6.07, 6.45) is -0.489. The summed E-state index contributed by atoms with van der Waals surface area (Å²) >= 11 is 0. The Labute approximate surface area is 114 Å². The van der Waals surface area contributed by atoms with E-state index in [1.54, 1.807) is 0 Å². The first-order chi connectivity index (χ1) is 9.08. The number of benzene rings is 1. The van der Waals surface area contributed by atoms with E-state index >= 15 is 0 Å². The molecule has 0 saturated heterocycles. The van der Waals surface area contributed by atoms with E-state index in [2.05, 4.69) is 12.2 Å². The zero-order valence-corrected chi connectivity index (χ0v) is 11.7. The maximum Gasteiger partial charge on any atom is 0.105 e. The third-order valence-corrected chi connectivity index (χ3v) is 3.35. The monoisotopic (exact) mass is 259 g/mol. The molecule has 0 amide bonds. The molecule has 0 fully saturated rings. The van der Waals surface area contributed by atoms with Crippen molar-refractivity contribution in [2.75, 3.05) is 6.54 Å². The van der Waals surface area contributed by atoms with Crippen molar-refractivity contribution >= 4 is 0 Å². The smallest absolute Gasteiger partial charge is 0.105 e. The van der Waals surface area contributed by atoms with Crippen LogP contribution in [0.5, 0.6) is 0 Å². The first kappa shape index (κ1) is 13.8. The fourth-order valence-electron chi connectivity index (χ4n) is 2.27. The predicted octanol–water partition coefficient (Wildman–Crippen LogP) is 3.28. The Bertz CT molecular complexity index is 519. The molecule has 3 nitrogen and oxygen atoms in total. The number of nitrogens with one attached hydrogen (secondary N) is 1. The van der Waals surface area contributed by atoms with Gasteiger partial charge in [-0.25, -0.2) is 0 Å². The van der Waals surface area contributed by atoms with Gasteiger partial charge >= 0.3 is 0 Å². The molecule has 2 N–H and O–H groups in total. The normalized spacial score (nSPS) is 14.3. The van der Waals surface area contributed by atoms with E-state index in [9.17, 15) is 5.11 Å². The summed E-state index contributed by atoms with van der Waals surface area (Å²) in [5.41, 5.74) is 2.08. The van der Waals surface area contributed by atoms with E-state index in [1.807, 2.05) is 50.2 Å². The van der Waals surface area contributed by atoms with Gasteiger partial charge in [0.1, 0.15) is 11.5 Å². The zero-order chi connectivity index (χ0) is 13.8. The molecule has 1 aromatic heterocycles. The van der Waals surface area contributed by atoms with Gasteiger partial charge in [0.25, 0.3) is 0 Å². The Morgan fingerprint density at radius 1 is 1.21 bits per heavy atom. The van der Waals surface area contributed by atoms with Crippen molar-refractivity contribution in [2.45, 2.75) is 32.9 Å². The average molecular weight is 259 g/mol. The standard InChI is InChI=1S/C16H21NO2/c1-11-9-15(13(3)19-11)12(2)17-10-16(18)14-7-5-4-6-8-14/h4-9,12,16-18H,10H2,1-3H3. The fourth-order valence-corrected chi connectivity index (χ4v) is 2.27. The highest BCUT2D eigenvalue weighted by molar-refractivity contribution is 5.23. The summed E-state index contributed by atoms with van der Waals surface area (Å²) in [6.45, 7) is 6.51. The molecule has 3 heteroatoms. The molecule has 0 bridgehead atoms. The Kier molecular flexibility index (Phi) is 4.40. The van der Waals surface area contributed by atoms with Crippen LogP contribution in [0.2, 0.25) is 0 Å². The quantitative estimate of drug-likeness (QED) is 0.866. The number of aliphatic hydroxyl groups is 1. The molecule has 2 unspecified atom stereocenters. The lowest BCUT2D eigenvalue weighted by atomic mass is 10.1. The van der Waals surface area contributed by atoms with Crippen LogP contribution < -0.4 is 5.32 Å². The maximum absolute atomic E-state index is 10.1. The highest BCUT2D eigenvalue weighted by Gasteiger charge is 2.14. The lowest BCUT2D eigenvalue weighted by molar-refractivity contribution is 0.170. The van der Waals surface area contributed by atoms with Crippen LogP contribution in [0, 0.1) is 13.8 Å². The van der Waals surface area contributed by atoms with E-state index in [4.69, 9.17) is 4.42 Å². The van der Waals surface area contributed by atoms with Crippen molar-refractivity contribution in [1.82, 2.24) is 5.32 Å². The van der Waals surface area contributed by atoms with Crippen LogP contribution >= 0.6 is 0 Å². The molecular weight excluding hydrogens is 238 g/mol. The Morgan fingerprint density at radius 3 is 2.47 bits per heavy atom. The SMILES string of the molecule is Cc1cc(C(C)NCC(O)c2ccccc2)c(C)o1. The molecule has 2 atom stereocenters. The highest BCUT2D eigenvalue weighted by atomic mass is 16.3. The number of furan rings is 1. The average Bonchev–Trinajstić information content (AvgIpc) is 2.75. The van der Waals surface area contributed by atoms with Crippen LogP contribution in [0.3, 0.4) is 0 Å². The van der Waals surface area contributed by atoms with E-state index in [0.717, 1.165) is 22.6 Å². The Balaban J connectivity index is 1.94. The zero-order valence-electron chi connectivity index (χ0n) is 11.7.